The summed E-state index contributed by atoms with van der Waals surface area (Å²) < 4.78 is 16.1. The highest BCUT2D eigenvalue weighted by atomic mass is 32.1. The highest BCUT2D eigenvalue weighted by molar-refractivity contribution is 7.08. The average molecular weight is 524 g/mol. The molecule has 5 aromatic heterocycles. The number of rotatable bonds is 7. The fourth-order valence-electron chi connectivity index (χ4n) is 5.52. The fourth-order valence-corrected chi connectivity index (χ4v) is 6.17. The summed E-state index contributed by atoms with van der Waals surface area (Å²) >= 11 is 1.63. The molecule has 0 amide bonds. The maximum Gasteiger partial charge on any atom is 0.178 e. The van der Waals surface area contributed by atoms with E-state index in [2.05, 4.69) is 46.9 Å². The molecule has 38 heavy (non-hydrogen) atoms. The first-order chi connectivity index (χ1) is 18.7. The van der Waals surface area contributed by atoms with E-state index in [1.807, 2.05) is 29.8 Å². The summed E-state index contributed by atoms with van der Waals surface area (Å²) in [5.41, 5.74) is 6.75. The van der Waals surface area contributed by atoms with Crippen LogP contribution < -0.4 is 5.32 Å². The molecule has 0 bridgehead atoms. The second-order valence-electron chi connectivity index (χ2n) is 9.94. The Morgan fingerprint density at radius 1 is 1.05 bits per heavy atom. The number of pyridine rings is 2. The van der Waals surface area contributed by atoms with Gasteiger partial charge in [0.25, 0.3) is 0 Å². The van der Waals surface area contributed by atoms with Gasteiger partial charge in [0.15, 0.2) is 11.5 Å². The molecule has 0 radical (unpaired) electrons. The van der Waals surface area contributed by atoms with Crippen LogP contribution in [0.2, 0.25) is 0 Å². The summed E-state index contributed by atoms with van der Waals surface area (Å²) in [7, 11) is 0. The number of nitrogens with zero attached hydrogens (tertiary/aromatic N) is 4. The largest absolute Gasteiger partial charge is 0.335 e. The number of hydrogen-bond donors (Lipinski definition) is 3. The van der Waals surface area contributed by atoms with E-state index in [9.17, 15) is 0 Å². The molecule has 0 saturated heterocycles. The van der Waals surface area contributed by atoms with Gasteiger partial charge in [0.05, 0.1) is 16.4 Å². The molecule has 1 aromatic carbocycles. The molecule has 5 heterocycles. The Morgan fingerprint density at radius 2 is 1.97 bits per heavy atom. The van der Waals surface area contributed by atoms with Crippen LogP contribution in [0.4, 0.5) is 4.39 Å². The predicted molar refractivity (Wildman–Crippen MR) is 149 cm³/mol. The van der Waals surface area contributed by atoms with Crippen molar-refractivity contribution >= 4 is 33.4 Å². The van der Waals surface area contributed by atoms with E-state index >= 15 is 4.39 Å². The minimum atomic E-state index is -0.351. The number of aromatic nitrogens is 6. The molecule has 7 nitrogen and oxygen atoms in total. The molecule has 0 unspecified atom stereocenters. The van der Waals surface area contributed by atoms with Gasteiger partial charge in [-0.3, -0.25) is 10.1 Å². The number of halogens is 1. The number of hydrogen-bond acceptors (Lipinski definition) is 6. The molecular weight excluding hydrogens is 497 g/mol. The summed E-state index contributed by atoms with van der Waals surface area (Å²) in [5, 5.41) is 15.5. The number of imidazole rings is 1. The third-order valence-corrected chi connectivity index (χ3v) is 8.14. The van der Waals surface area contributed by atoms with Crippen molar-refractivity contribution in [3.63, 3.8) is 0 Å². The Hall–Kier alpha value is -3.95. The monoisotopic (exact) mass is 523 g/mol. The van der Waals surface area contributed by atoms with E-state index in [1.54, 1.807) is 29.8 Å². The zero-order valence-corrected chi connectivity index (χ0v) is 21.5. The van der Waals surface area contributed by atoms with Gasteiger partial charge < -0.3 is 10.3 Å². The number of benzene rings is 1. The second-order valence-corrected chi connectivity index (χ2v) is 10.7. The molecule has 190 valence electrons. The van der Waals surface area contributed by atoms with Crippen molar-refractivity contribution < 1.29 is 4.39 Å². The van der Waals surface area contributed by atoms with Crippen molar-refractivity contribution in [2.75, 3.05) is 6.54 Å². The molecule has 1 saturated carbocycles. The highest BCUT2D eigenvalue weighted by Crippen LogP contribution is 2.35. The number of H-pyrrole nitrogens is 2. The van der Waals surface area contributed by atoms with E-state index in [-0.39, 0.29) is 5.82 Å². The van der Waals surface area contributed by atoms with Crippen LogP contribution in [-0.2, 0) is 6.54 Å². The van der Waals surface area contributed by atoms with Crippen molar-refractivity contribution in [3.8, 4) is 33.8 Å². The van der Waals surface area contributed by atoms with Crippen molar-refractivity contribution in [1.29, 1.82) is 0 Å². The summed E-state index contributed by atoms with van der Waals surface area (Å²) in [6.07, 6.45) is 10.6. The molecule has 7 rings (SSSR count). The van der Waals surface area contributed by atoms with Crippen LogP contribution in [0.1, 0.15) is 31.2 Å². The molecule has 1 aliphatic carbocycles. The van der Waals surface area contributed by atoms with Crippen molar-refractivity contribution in [2.45, 2.75) is 32.2 Å². The first-order valence-corrected chi connectivity index (χ1v) is 13.9. The van der Waals surface area contributed by atoms with Gasteiger partial charge in [0.2, 0.25) is 0 Å². The van der Waals surface area contributed by atoms with E-state index in [4.69, 9.17) is 0 Å². The molecule has 9 heteroatoms. The van der Waals surface area contributed by atoms with E-state index in [0.717, 1.165) is 46.8 Å². The normalized spacial score (nSPS) is 14.2. The maximum atomic E-state index is 16.1. The van der Waals surface area contributed by atoms with E-state index in [1.165, 1.54) is 25.7 Å². The van der Waals surface area contributed by atoms with E-state index in [0.29, 0.717) is 33.6 Å². The molecule has 1 fully saturated rings. The molecule has 6 aromatic rings. The van der Waals surface area contributed by atoms with Crippen LogP contribution in [-0.4, -0.2) is 36.7 Å². The number of aromatic amines is 2. The van der Waals surface area contributed by atoms with Gasteiger partial charge in [0.1, 0.15) is 11.5 Å². The first-order valence-electron chi connectivity index (χ1n) is 12.9. The lowest BCUT2D eigenvalue weighted by molar-refractivity contribution is 0.489. The Balaban J connectivity index is 1.23. The van der Waals surface area contributed by atoms with Gasteiger partial charge in [-0.15, -0.1) is 0 Å². The van der Waals surface area contributed by atoms with Gasteiger partial charge in [-0.1, -0.05) is 12.8 Å². The van der Waals surface area contributed by atoms with Gasteiger partial charge in [-0.25, -0.2) is 14.4 Å². The molecule has 3 N–H and O–H groups in total. The number of thiophene rings is 1. The second kappa shape index (κ2) is 9.74. The lowest BCUT2D eigenvalue weighted by Crippen LogP contribution is -2.20. The first kappa shape index (κ1) is 23.2. The fraction of sp³-hybridized carbons (Fsp3) is 0.241. The van der Waals surface area contributed by atoms with Crippen LogP contribution in [0.15, 0.2) is 59.7 Å². The molecular formula is C29H26FN7S. The smallest absolute Gasteiger partial charge is 0.178 e. The standard InChI is InChI=1S/C29H26FN7S/c30-25-21(20-11-18(14-32-15-20)13-31-12-17-3-1-2-4-17)5-6-23-24(25)27(37-36-23)29-34-26-22(19-8-10-38-16-19)7-9-33-28(26)35-29/h5-11,14-17,31H,1-4,12-13H2,(H,36,37)(H,33,34,35). The minimum absolute atomic E-state index is 0.351. The third-order valence-electron chi connectivity index (χ3n) is 7.46. The van der Waals surface area contributed by atoms with Crippen LogP contribution in [0.5, 0.6) is 0 Å². The van der Waals surface area contributed by atoms with Crippen LogP contribution in [0.3, 0.4) is 0 Å². The molecule has 0 aliphatic heterocycles. The summed E-state index contributed by atoms with van der Waals surface area (Å²) in [6, 6.07) is 9.66. The summed E-state index contributed by atoms with van der Waals surface area (Å²) in [6.45, 7) is 1.74. The average Bonchev–Trinajstić information content (AvgIpc) is 3.75. The SMILES string of the molecule is Fc1c(-c2cncc(CNCC3CCCC3)c2)ccc2[nH]nc(-c3nc4nccc(-c5ccsc5)c4[nH]3)c12. The van der Waals surface area contributed by atoms with Crippen LogP contribution >= 0.6 is 11.3 Å². The highest BCUT2D eigenvalue weighted by Gasteiger charge is 2.21. The third kappa shape index (κ3) is 4.17. The van der Waals surface area contributed by atoms with Gasteiger partial charge >= 0.3 is 0 Å². The predicted octanol–water partition coefficient (Wildman–Crippen LogP) is 6.71. The molecule has 0 atom stereocenters. The van der Waals surface area contributed by atoms with Crippen molar-refractivity contribution in [3.05, 3.63) is 71.1 Å². The maximum absolute atomic E-state index is 16.1. The van der Waals surface area contributed by atoms with Crippen molar-refractivity contribution in [1.82, 2.24) is 35.5 Å². The van der Waals surface area contributed by atoms with Gasteiger partial charge in [-0.05, 0) is 77.5 Å². The topological polar surface area (TPSA) is 95.2 Å². The number of nitrogens with one attached hydrogen (secondary N) is 3. The Bertz CT molecular complexity index is 1730. The van der Waals surface area contributed by atoms with E-state index < -0.39 is 0 Å². The lowest BCUT2D eigenvalue weighted by atomic mass is 10.0. The lowest BCUT2D eigenvalue weighted by Gasteiger charge is -2.11. The Labute approximate surface area is 222 Å². The Kier molecular flexibility index (Phi) is 5.94. The van der Waals surface area contributed by atoms with Crippen LogP contribution in [0.25, 0.3) is 55.8 Å². The van der Waals surface area contributed by atoms with Gasteiger partial charge in [-0.2, -0.15) is 16.4 Å². The quantitative estimate of drug-likeness (QED) is 0.216. The van der Waals surface area contributed by atoms with Gasteiger partial charge in [0, 0.05) is 41.8 Å². The zero-order valence-electron chi connectivity index (χ0n) is 20.7. The molecule has 0 spiro atoms. The summed E-state index contributed by atoms with van der Waals surface area (Å²) in [5.74, 6) is 0.885. The van der Waals surface area contributed by atoms with Crippen LogP contribution in [0, 0.1) is 11.7 Å². The molecule has 1 aliphatic rings. The zero-order chi connectivity index (χ0) is 25.5. The minimum Gasteiger partial charge on any atom is -0.335 e. The number of fused-ring (bicyclic) bond motifs is 2. The summed E-state index contributed by atoms with van der Waals surface area (Å²) in [4.78, 5) is 16.8. The van der Waals surface area contributed by atoms with Crippen molar-refractivity contribution in [2.24, 2.45) is 5.92 Å². The Morgan fingerprint density at radius 3 is 2.84 bits per heavy atom.